The van der Waals surface area contributed by atoms with Crippen molar-refractivity contribution < 1.29 is 9.84 Å². The summed E-state index contributed by atoms with van der Waals surface area (Å²) in [5, 5.41) is 10.4. The molecular formula is C16H18O2. The average Bonchev–Trinajstić information content (AvgIpc) is 2.41. The van der Waals surface area contributed by atoms with Crippen LogP contribution in [0.1, 0.15) is 28.4 Å². The molecule has 2 nitrogen and oxygen atoms in total. The maximum absolute atomic E-state index is 10.4. The molecule has 1 N–H and O–H groups in total. The number of aryl methyl sites for hydroxylation is 2. The summed E-state index contributed by atoms with van der Waals surface area (Å²) in [5.41, 5.74) is 4.18. The zero-order valence-corrected chi connectivity index (χ0v) is 11.0. The van der Waals surface area contributed by atoms with Crippen molar-refractivity contribution in [1.82, 2.24) is 0 Å². The highest BCUT2D eigenvalue weighted by Gasteiger charge is 2.11. The summed E-state index contributed by atoms with van der Waals surface area (Å²) < 4.78 is 5.17. The Hall–Kier alpha value is -1.80. The normalized spacial score (nSPS) is 12.2. The minimum Gasteiger partial charge on any atom is -0.497 e. The zero-order chi connectivity index (χ0) is 13.1. The van der Waals surface area contributed by atoms with Crippen molar-refractivity contribution in [3.8, 4) is 5.75 Å². The molecule has 18 heavy (non-hydrogen) atoms. The Balaban J connectivity index is 2.34. The summed E-state index contributed by atoms with van der Waals surface area (Å²) in [7, 11) is 1.63. The van der Waals surface area contributed by atoms with Gasteiger partial charge in [0.25, 0.3) is 0 Å². The van der Waals surface area contributed by atoms with Gasteiger partial charge in [-0.15, -0.1) is 0 Å². The standard InChI is InChI=1S/C16H18O2/c1-11-7-8-14(9-12(11)2)16(17)13-5-4-6-15(10-13)18-3/h4-10,16-17H,1-3H3. The molecular weight excluding hydrogens is 224 g/mol. The molecule has 0 amide bonds. The summed E-state index contributed by atoms with van der Waals surface area (Å²) in [6.45, 7) is 4.12. The Labute approximate surface area is 108 Å². The van der Waals surface area contributed by atoms with Crippen LogP contribution in [0.25, 0.3) is 0 Å². The van der Waals surface area contributed by atoms with E-state index in [2.05, 4.69) is 13.8 Å². The lowest BCUT2D eigenvalue weighted by atomic mass is 9.98. The monoisotopic (exact) mass is 242 g/mol. The number of benzene rings is 2. The molecule has 2 aromatic carbocycles. The van der Waals surface area contributed by atoms with Crippen molar-refractivity contribution in [3.05, 3.63) is 64.7 Å². The summed E-state index contributed by atoms with van der Waals surface area (Å²) in [6, 6.07) is 13.6. The largest absolute Gasteiger partial charge is 0.497 e. The first-order chi connectivity index (χ1) is 8.61. The lowest BCUT2D eigenvalue weighted by Crippen LogP contribution is -2.00. The number of methoxy groups -OCH3 is 1. The fraction of sp³-hybridized carbons (Fsp3) is 0.250. The van der Waals surface area contributed by atoms with Gasteiger partial charge in [0, 0.05) is 0 Å². The second-order valence-corrected chi connectivity index (χ2v) is 4.52. The molecule has 0 bridgehead atoms. The molecule has 2 heteroatoms. The molecule has 0 saturated heterocycles. The minimum atomic E-state index is -0.612. The van der Waals surface area contributed by atoms with Gasteiger partial charge in [0.15, 0.2) is 0 Å². The van der Waals surface area contributed by atoms with Crippen LogP contribution < -0.4 is 4.74 Å². The van der Waals surface area contributed by atoms with E-state index in [9.17, 15) is 5.11 Å². The zero-order valence-electron chi connectivity index (χ0n) is 11.0. The fourth-order valence-corrected chi connectivity index (χ4v) is 1.94. The third-order valence-electron chi connectivity index (χ3n) is 3.26. The third kappa shape index (κ3) is 2.54. The Kier molecular flexibility index (Phi) is 3.68. The highest BCUT2D eigenvalue weighted by Crippen LogP contribution is 2.26. The van der Waals surface area contributed by atoms with Crippen molar-refractivity contribution in [1.29, 1.82) is 0 Å². The third-order valence-corrected chi connectivity index (χ3v) is 3.26. The summed E-state index contributed by atoms with van der Waals surface area (Å²) in [5.74, 6) is 0.760. The molecule has 0 spiro atoms. The van der Waals surface area contributed by atoms with E-state index in [4.69, 9.17) is 4.74 Å². The summed E-state index contributed by atoms with van der Waals surface area (Å²) >= 11 is 0. The van der Waals surface area contributed by atoms with Crippen LogP contribution in [0.3, 0.4) is 0 Å². The Morgan fingerprint density at radius 2 is 1.67 bits per heavy atom. The van der Waals surface area contributed by atoms with Gasteiger partial charge in [-0.2, -0.15) is 0 Å². The van der Waals surface area contributed by atoms with E-state index in [-0.39, 0.29) is 0 Å². The van der Waals surface area contributed by atoms with Crippen molar-refractivity contribution in [3.63, 3.8) is 0 Å². The van der Waals surface area contributed by atoms with Gasteiger partial charge >= 0.3 is 0 Å². The number of aliphatic hydroxyl groups excluding tert-OH is 1. The van der Waals surface area contributed by atoms with Crippen molar-refractivity contribution in [2.45, 2.75) is 20.0 Å². The van der Waals surface area contributed by atoms with Crippen LogP contribution >= 0.6 is 0 Å². The van der Waals surface area contributed by atoms with Crippen LogP contribution in [0.5, 0.6) is 5.75 Å². The number of hydrogen-bond acceptors (Lipinski definition) is 2. The molecule has 2 aromatic rings. The second-order valence-electron chi connectivity index (χ2n) is 4.52. The van der Waals surface area contributed by atoms with Gasteiger partial charge in [-0.3, -0.25) is 0 Å². The van der Waals surface area contributed by atoms with Crippen molar-refractivity contribution >= 4 is 0 Å². The first kappa shape index (κ1) is 12.7. The summed E-state index contributed by atoms with van der Waals surface area (Å²) in [4.78, 5) is 0. The molecule has 1 unspecified atom stereocenters. The average molecular weight is 242 g/mol. The SMILES string of the molecule is COc1cccc(C(O)c2ccc(C)c(C)c2)c1. The highest BCUT2D eigenvalue weighted by atomic mass is 16.5. The fourth-order valence-electron chi connectivity index (χ4n) is 1.94. The lowest BCUT2D eigenvalue weighted by Gasteiger charge is -2.14. The van der Waals surface area contributed by atoms with Gasteiger partial charge in [-0.05, 0) is 48.2 Å². The molecule has 0 saturated carbocycles. The Bertz CT molecular complexity index is 547. The van der Waals surface area contributed by atoms with Gasteiger partial charge < -0.3 is 9.84 Å². The van der Waals surface area contributed by atoms with Crippen LogP contribution in [-0.4, -0.2) is 12.2 Å². The number of hydrogen-bond donors (Lipinski definition) is 1. The molecule has 0 radical (unpaired) electrons. The van der Waals surface area contributed by atoms with Crippen LogP contribution in [0.4, 0.5) is 0 Å². The van der Waals surface area contributed by atoms with E-state index in [1.165, 1.54) is 11.1 Å². The van der Waals surface area contributed by atoms with Gasteiger partial charge in [-0.25, -0.2) is 0 Å². The van der Waals surface area contributed by atoms with Gasteiger partial charge in [-0.1, -0.05) is 30.3 Å². The van der Waals surface area contributed by atoms with Crippen molar-refractivity contribution in [2.24, 2.45) is 0 Å². The topological polar surface area (TPSA) is 29.5 Å². The number of aliphatic hydroxyl groups is 1. The number of ether oxygens (including phenoxy) is 1. The molecule has 0 aliphatic carbocycles. The van der Waals surface area contributed by atoms with Gasteiger partial charge in [0.1, 0.15) is 11.9 Å². The second kappa shape index (κ2) is 5.23. The molecule has 2 rings (SSSR count). The molecule has 0 aliphatic rings. The molecule has 0 fully saturated rings. The minimum absolute atomic E-state index is 0.612. The highest BCUT2D eigenvalue weighted by molar-refractivity contribution is 5.38. The molecule has 1 atom stereocenters. The molecule has 0 aliphatic heterocycles. The van der Waals surface area contributed by atoms with E-state index in [1.54, 1.807) is 7.11 Å². The quantitative estimate of drug-likeness (QED) is 0.894. The molecule has 0 aromatic heterocycles. The predicted octanol–water partition coefficient (Wildman–Crippen LogP) is 3.39. The first-order valence-electron chi connectivity index (χ1n) is 6.01. The van der Waals surface area contributed by atoms with E-state index in [1.807, 2.05) is 42.5 Å². The maximum atomic E-state index is 10.4. The first-order valence-corrected chi connectivity index (χ1v) is 6.01. The lowest BCUT2D eigenvalue weighted by molar-refractivity contribution is 0.219. The van der Waals surface area contributed by atoms with E-state index < -0.39 is 6.10 Å². The number of rotatable bonds is 3. The molecule has 0 heterocycles. The van der Waals surface area contributed by atoms with Crippen LogP contribution in [-0.2, 0) is 0 Å². The van der Waals surface area contributed by atoms with Gasteiger partial charge in [0.05, 0.1) is 7.11 Å². The van der Waals surface area contributed by atoms with E-state index >= 15 is 0 Å². The van der Waals surface area contributed by atoms with Crippen LogP contribution in [0.15, 0.2) is 42.5 Å². The Morgan fingerprint density at radius 1 is 0.944 bits per heavy atom. The molecule has 94 valence electrons. The van der Waals surface area contributed by atoms with Crippen LogP contribution in [0, 0.1) is 13.8 Å². The summed E-state index contributed by atoms with van der Waals surface area (Å²) in [6.07, 6.45) is -0.612. The smallest absolute Gasteiger partial charge is 0.119 e. The van der Waals surface area contributed by atoms with Crippen molar-refractivity contribution in [2.75, 3.05) is 7.11 Å². The van der Waals surface area contributed by atoms with E-state index in [0.29, 0.717) is 0 Å². The Morgan fingerprint density at radius 3 is 2.33 bits per heavy atom. The predicted molar refractivity (Wildman–Crippen MR) is 73.0 cm³/mol. The van der Waals surface area contributed by atoms with Gasteiger partial charge in [0.2, 0.25) is 0 Å². The maximum Gasteiger partial charge on any atom is 0.119 e. The van der Waals surface area contributed by atoms with Crippen LogP contribution in [0.2, 0.25) is 0 Å². The van der Waals surface area contributed by atoms with E-state index in [0.717, 1.165) is 16.9 Å².